The van der Waals surface area contributed by atoms with Crippen LogP contribution in [0.5, 0.6) is 0 Å². The van der Waals surface area contributed by atoms with Crippen LogP contribution in [0.2, 0.25) is 0 Å². The van der Waals surface area contributed by atoms with Crippen molar-refractivity contribution in [1.82, 2.24) is 0 Å². The predicted octanol–water partition coefficient (Wildman–Crippen LogP) is 2.85. The maximum Gasteiger partial charge on any atom is 0.172 e. The Kier molecular flexibility index (Phi) is 2.94. The largest absolute Gasteiger partial charge is 0.347 e. The lowest BCUT2D eigenvalue weighted by molar-refractivity contribution is -0.163. The first-order valence-corrected chi connectivity index (χ1v) is 7.29. The smallest absolute Gasteiger partial charge is 0.172 e. The number of hydrogen-bond donors (Lipinski definition) is 0. The highest BCUT2D eigenvalue weighted by atomic mass is 127. The van der Waals surface area contributed by atoms with Crippen LogP contribution in [0.3, 0.4) is 0 Å². The molecule has 1 spiro atoms. The quantitative estimate of drug-likeness (QED) is 0.582. The van der Waals surface area contributed by atoms with Gasteiger partial charge in [-0.1, -0.05) is 40.8 Å². The highest BCUT2D eigenvalue weighted by Gasteiger charge is 2.39. The number of ether oxygens (including phenoxy) is 2. The van der Waals surface area contributed by atoms with Gasteiger partial charge in [-0.3, -0.25) is 0 Å². The summed E-state index contributed by atoms with van der Waals surface area (Å²) in [6, 6.07) is 6.61. The molecule has 86 valence electrons. The van der Waals surface area contributed by atoms with Crippen molar-refractivity contribution in [2.24, 2.45) is 0 Å². The van der Waals surface area contributed by atoms with Crippen molar-refractivity contribution in [3.8, 4) is 0 Å². The van der Waals surface area contributed by atoms with Crippen LogP contribution in [0.4, 0.5) is 0 Å². The van der Waals surface area contributed by atoms with E-state index in [1.807, 2.05) is 0 Å². The second-order valence-corrected chi connectivity index (χ2v) is 5.24. The molecule has 3 rings (SSSR count). The number of halogens is 1. The van der Waals surface area contributed by atoms with Gasteiger partial charge in [-0.15, -0.1) is 0 Å². The number of benzene rings is 1. The maximum atomic E-state index is 5.79. The monoisotopic (exact) mass is 330 g/mol. The van der Waals surface area contributed by atoms with E-state index < -0.39 is 0 Å². The van der Waals surface area contributed by atoms with Crippen LogP contribution in [0.15, 0.2) is 18.2 Å². The van der Waals surface area contributed by atoms with Crippen molar-refractivity contribution < 1.29 is 9.47 Å². The van der Waals surface area contributed by atoms with Crippen molar-refractivity contribution in [3.05, 3.63) is 34.9 Å². The average molecular weight is 330 g/mol. The lowest BCUT2D eigenvalue weighted by atomic mass is 9.85. The lowest BCUT2D eigenvalue weighted by Crippen LogP contribution is -2.37. The Morgan fingerprint density at radius 1 is 1.25 bits per heavy atom. The van der Waals surface area contributed by atoms with Crippen LogP contribution in [-0.4, -0.2) is 19.0 Å². The number of hydrogen-bond acceptors (Lipinski definition) is 2. The van der Waals surface area contributed by atoms with E-state index in [0.29, 0.717) is 0 Å². The molecule has 1 aromatic rings. The van der Waals surface area contributed by atoms with E-state index in [2.05, 4.69) is 40.8 Å². The van der Waals surface area contributed by atoms with Crippen LogP contribution < -0.4 is 0 Å². The highest BCUT2D eigenvalue weighted by molar-refractivity contribution is 14.1. The molecule has 1 fully saturated rings. The minimum Gasteiger partial charge on any atom is -0.347 e. The third-order valence-corrected chi connectivity index (χ3v) is 4.37. The van der Waals surface area contributed by atoms with Gasteiger partial charge in [0.1, 0.15) is 0 Å². The molecule has 16 heavy (non-hydrogen) atoms. The highest BCUT2D eigenvalue weighted by Crippen LogP contribution is 2.36. The van der Waals surface area contributed by atoms with Gasteiger partial charge >= 0.3 is 0 Å². The average Bonchev–Trinajstić information content (AvgIpc) is 2.76. The predicted molar refractivity (Wildman–Crippen MR) is 70.8 cm³/mol. The number of fused-ring (bicyclic) bond motifs is 1. The molecule has 2 aliphatic rings. The fourth-order valence-electron chi connectivity index (χ4n) is 2.74. The molecule has 1 heterocycles. The molecule has 0 saturated carbocycles. The molecule has 1 saturated heterocycles. The molecule has 2 nitrogen and oxygen atoms in total. The molecule has 0 aromatic heterocycles. The summed E-state index contributed by atoms with van der Waals surface area (Å²) in [4.78, 5) is 0. The summed E-state index contributed by atoms with van der Waals surface area (Å²) in [5, 5.41) is 0. The fraction of sp³-hybridized carbons (Fsp3) is 0.538. The minimum absolute atomic E-state index is 0.295. The van der Waals surface area contributed by atoms with Gasteiger partial charge in [0.05, 0.1) is 13.2 Å². The standard InChI is InChI=1S/C13H15IO2/c14-9-11-3-1-2-10-8-13(5-4-12(10)11)15-6-7-16-13/h1-3H,4-9H2. The van der Waals surface area contributed by atoms with E-state index in [4.69, 9.17) is 9.47 Å². The van der Waals surface area contributed by atoms with Gasteiger partial charge in [0.15, 0.2) is 5.79 Å². The molecule has 0 atom stereocenters. The van der Waals surface area contributed by atoms with E-state index in [-0.39, 0.29) is 5.79 Å². The summed E-state index contributed by atoms with van der Waals surface area (Å²) in [6.07, 6.45) is 3.02. The van der Waals surface area contributed by atoms with Gasteiger partial charge in [-0.2, -0.15) is 0 Å². The van der Waals surface area contributed by atoms with Crippen molar-refractivity contribution in [3.63, 3.8) is 0 Å². The second kappa shape index (κ2) is 4.27. The molecule has 1 aliphatic heterocycles. The Hall–Kier alpha value is -0.130. The zero-order valence-corrected chi connectivity index (χ0v) is 11.3. The van der Waals surface area contributed by atoms with Crippen molar-refractivity contribution in [1.29, 1.82) is 0 Å². The van der Waals surface area contributed by atoms with Gasteiger partial charge in [-0.05, 0) is 23.1 Å². The van der Waals surface area contributed by atoms with Crippen LogP contribution in [0.1, 0.15) is 23.1 Å². The molecule has 0 unspecified atom stereocenters. The Labute approximate surface area is 109 Å². The topological polar surface area (TPSA) is 18.5 Å². The van der Waals surface area contributed by atoms with Crippen LogP contribution in [0.25, 0.3) is 0 Å². The minimum atomic E-state index is -0.295. The van der Waals surface area contributed by atoms with E-state index in [0.717, 1.165) is 36.9 Å². The summed E-state index contributed by atoms with van der Waals surface area (Å²) in [5.74, 6) is -0.295. The summed E-state index contributed by atoms with van der Waals surface area (Å²) < 4.78 is 12.7. The molecule has 1 aliphatic carbocycles. The number of alkyl halides is 1. The van der Waals surface area contributed by atoms with E-state index in [1.54, 1.807) is 0 Å². The zero-order chi connectivity index (χ0) is 11.0. The SMILES string of the molecule is ICc1cccc2c1CCC1(C2)OCCO1. The summed E-state index contributed by atoms with van der Waals surface area (Å²) in [5.41, 5.74) is 4.43. The third-order valence-electron chi connectivity index (χ3n) is 3.54. The summed E-state index contributed by atoms with van der Waals surface area (Å²) in [6.45, 7) is 1.50. The van der Waals surface area contributed by atoms with Crippen LogP contribution in [-0.2, 0) is 26.7 Å². The Morgan fingerprint density at radius 2 is 2.06 bits per heavy atom. The molecule has 0 radical (unpaired) electrons. The molecule has 3 heteroatoms. The second-order valence-electron chi connectivity index (χ2n) is 4.47. The van der Waals surface area contributed by atoms with Crippen molar-refractivity contribution in [2.45, 2.75) is 29.5 Å². The first-order chi connectivity index (χ1) is 7.83. The molecular formula is C13H15IO2. The molecule has 0 bridgehead atoms. The molecule has 0 N–H and O–H groups in total. The van der Waals surface area contributed by atoms with E-state index in [1.165, 1.54) is 16.7 Å². The zero-order valence-electron chi connectivity index (χ0n) is 9.17. The Bertz CT molecular complexity index is 397. The third kappa shape index (κ3) is 1.79. The lowest BCUT2D eigenvalue weighted by Gasteiger charge is -2.33. The van der Waals surface area contributed by atoms with E-state index >= 15 is 0 Å². The number of rotatable bonds is 1. The van der Waals surface area contributed by atoms with Gasteiger partial charge in [0.25, 0.3) is 0 Å². The van der Waals surface area contributed by atoms with E-state index in [9.17, 15) is 0 Å². The maximum absolute atomic E-state index is 5.79. The Balaban J connectivity index is 1.94. The van der Waals surface area contributed by atoms with Crippen LogP contribution >= 0.6 is 22.6 Å². The molecule has 0 amide bonds. The van der Waals surface area contributed by atoms with Crippen molar-refractivity contribution >= 4 is 22.6 Å². The van der Waals surface area contributed by atoms with Gasteiger partial charge in [0, 0.05) is 17.3 Å². The van der Waals surface area contributed by atoms with Gasteiger partial charge < -0.3 is 9.47 Å². The van der Waals surface area contributed by atoms with Crippen molar-refractivity contribution in [2.75, 3.05) is 13.2 Å². The Morgan fingerprint density at radius 3 is 2.81 bits per heavy atom. The summed E-state index contributed by atoms with van der Waals surface area (Å²) >= 11 is 2.44. The summed E-state index contributed by atoms with van der Waals surface area (Å²) in [7, 11) is 0. The van der Waals surface area contributed by atoms with Crippen LogP contribution in [0, 0.1) is 0 Å². The first kappa shape index (κ1) is 11.0. The van der Waals surface area contributed by atoms with Gasteiger partial charge in [0.2, 0.25) is 0 Å². The fourth-order valence-corrected chi connectivity index (χ4v) is 3.45. The molecular weight excluding hydrogens is 315 g/mol. The normalized spacial score (nSPS) is 22.3. The van der Waals surface area contributed by atoms with Gasteiger partial charge in [-0.25, -0.2) is 0 Å². The molecule has 1 aromatic carbocycles. The first-order valence-electron chi connectivity index (χ1n) is 5.76.